The van der Waals surface area contributed by atoms with Gasteiger partial charge in [0.15, 0.2) is 5.78 Å². The summed E-state index contributed by atoms with van der Waals surface area (Å²) in [5.41, 5.74) is 1.24. The van der Waals surface area contributed by atoms with Crippen LogP contribution in [0.4, 0.5) is 5.69 Å². The maximum atomic E-state index is 12.1. The van der Waals surface area contributed by atoms with E-state index in [-0.39, 0.29) is 36.2 Å². The van der Waals surface area contributed by atoms with Crippen LogP contribution in [0.1, 0.15) is 38.1 Å². The molecule has 0 radical (unpaired) electrons. The largest absolute Gasteiger partial charge is 0.326 e. The van der Waals surface area contributed by atoms with E-state index in [1.807, 2.05) is 20.8 Å². The van der Waals surface area contributed by atoms with Crippen LogP contribution in [0.25, 0.3) is 0 Å². The van der Waals surface area contributed by atoms with Crippen molar-refractivity contribution in [2.45, 2.75) is 39.8 Å². The number of hydrogen-bond donors (Lipinski definition) is 2. The number of hydrogen-bond acceptors (Lipinski definition) is 3. The van der Waals surface area contributed by atoms with Gasteiger partial charge in [-0.3, -0.25) is 9.59 Å². The van der Waals surface area contributed by atoms with Crippen molar-refractivity contribution in [3.63, 3.8) is 0 Å². The predicted octanol–water partition coefficient (Wildman–Crippen LogP) is 2.64. The highest BCUT2D eigenvalue weighted by atomic mass is 35.5. The minimum Gasteiger partial charge on any atom is -0.326 e. The third-order valence-corrected chi connectivity index (χ3v) is 2.44. The first-order valence-corrected chi connectivity index (χ1v) is 6.08. The molecule has 0 aromatic heterocycles. The Labute approximate surface area is 120 Å². The van der Waals surface area contributed by atoms with Crippen molar-refractivity contribution >= 4 is 29.8 Å². The molecule has 19 heavy (non-hydrogen) atoms. The number of rotatable bonds is 5. The van der Waals surface area contributed by atoms with Crippen molar-refractivity contribution < 1.29 is 9.59 Å². The Morgan fingerprint density at radius 1 is 1.16 bits per heavy atom. The van der Waals surface area contributed by atoms with Crippen LogP contribution in [-0.4, -0.2) is 23.8 Å². The minimum absolute atomic E-state index is 0. The van der Waals surface area contributed by atoms with Crippen molar-refractivity contribution in [2.75, 3.05) is 5.32 Å². The van der Waals surface area contributed by atoms with Crippen LogP contribution in [-0.2, 0) is 4.79 Å². The highest BCUT2D eigenvalue weighted by Crippen LogP contribution is 2.12. The summed E-state index contributed by atoms with van der Waals surface area (Å²) in [5, 5.41) is 5.83. The van der Waals surface area contributed by atoms with Gasteiger partial charge in [0.25, 0.3) is 0 Å². The van der Waals surface area contributed by atoms with Crippen LogP contribution in [0.5, 0.6) is 0 Å². The fourth-order valence-corrected chi connectivity index (χ4v) is 1.78. The molecule has 0 heterocycles. The zero-order valence-corrected chi connectivity index (χ0v) is 12.5. The van der Waals surface area contributed by atoms with Crippen LogP contribution in [0.15, 0.2) is 24.3 Å². The molecule has 1 aromatic rings. The molecule has 0 fully saturated rings. The van der Waals surface area contributed by atoms with Crippen molar-refractivity contribution in [3.05, 3.63) is 29.8 Å². The Bertz CT molecular complexity index is 447. The maximum absolute atomic E-state index is 12.1. The zero-order valence-electron chi connectivity index (χ0n) is 11.7. The number of Topliss-reactive ketones (excluding diaryl/α,β-unsaturated/α-hetero) is 1. The van der Waals surface area contributed by atoms with Crippen molar-refractivity contribution in [1.29, 1.82) is 0 Å². The number of anilines is 1. The fourth-order valence-electron chi connectivity index (χ4n) is 1.78. The molecule has 1 aromatic carbocycles. The fraction of sp³-hybridized carbons (Fsp3) is 0.429. The molecule has 4 nitrogen and oxygen atoms in total. The van der Waals surface area contributed by atoms with Gasteiger partial charge in [-0.2, -0.15) is 0 Å². The van der Waals surface area contributed by atoms with E-state index in [1.165, 1.54) is 6.92 Å². The lowest BCUT2D eigenvalue weighted by Crippen LogP contribution is -2.38. The quantitative estimate of drug-likeness (QED) is 0.817. The zero-order chi connectivity index (χ0) is 13.7. The SMILES string of the molecule is CC(=O)Nc1cccc(C(=O)C(C)NC(C)C)c1.Cl. The lowest BCUT2D eigenvalue weighted by Gasteiger charge is -2.16. The summed E-state index contributed by atoms with van der Waals surface area (Å²) in [4.78, 5) is 23.1. The normalized spacial score (nSPS) is 11.6. The summed E-state index contributed by atoms with van der Waals surface area (Å²) < 4.78 is 0. The average Bonchev–Trinajstić information content (AvgIpc) is 2.26. The van der Waals surface area contributed by atoms with Gasteiger partial charge in [0.05, 0.1) is 6.04 Å². The van der Waals surface area contributed by atoms with Gasteiger partial charge in [-0.1, -0.05) is 26.0 Å². The highest BCUT2D eigenvalue weighted by molar-refractivity contribution is 6.01. The molecule has 1 atom stereocenters. The van der Waals surface area contributed by atoms with E-state index in [0.717, 1.165) is 0 Å². The minimum atomic E-state index is -0.238. The second-order valence-electron chi connectivity index (χ2n) is 4.67. The van der Waals surface area contributed by atoms with Gasteiger partial charge in [-0.15, -0.1) is 12.4 Å². The van der Waals surface area contributed by atoms with Gasteiger partial charge in [-0.25, -0.2) is 0 Å². The number of ketones is 1. The van der Waals surface area contributed by atoms with E-state index < -0.39 is 0 Å². The Morgan fingerprint density at radius 2 is 1.79 bits per heavy atom. The third kappa shape index (κ3) is 5.85. The molecular formula is C14H21ClN2O2. The summed E-state index contributed by atoms with van der Waals surface area (Å²) in [6.45, 7) is 7.28. The van der Waals surface area contributed by atoms with Gasteiger partial charge in [0.1, 0.15) is 0 Å². The second kappa shape index (κ2) is 7.92. The van der Waals surface area contributed by atoms with E-state index in [9.17, 15) is 9.59 Å². The molecule has 0 bridgehead atoms. The van der Waals surface area contributed by atoms with Gasteiger partial charge < -0.3 is 10.6 Å². The van der Waals surface area contributed by atoms with Crippen LogP contribution in [0.2, 0.25) is 0 Å². The summed E-state index contributed by atoms with van der Waals surface area (Å²) in [5.74, 6) is -0.121. The molecule has 0 aliphatic rings. The summed E-state index contributed by atoms with van der Waals surface area (Å²) in [7, 11) is 0. The third-order valence-electron chi connectivity index (χ3n) is 2.44. The molecule has 2 N–H and O–H groups in total. The van der Waals surface area contributed by atoms with E-state index >= 15 is 0 Å². The number of halogens is 1. The Hall–Kier alpha value is -1.39. The molecule has 0 aliphatic heterocycles. The first kappa shape index (κ1) is 17.6. The molecule has 0 saturated carbocycles. The molecule has 1 amide bonds. The van der Waals surface area contributed by atoms with Crippen molar-refractivity contribution in [3.8, 4) is 0 Å². The number of carbonyl (C=O) groups excluding carboxylic acids is 2. The van der Waals surface area contributed by atoms with Gasteiger partial charge >= 0.3 is 0 Å². The van der Waals surface area contributed by atoms with E-state index in [2.05, 4.69) is 10.6 Å². The lowest BCUT2D eigenvalue weighted by molar-refractivity contribution is -0.114. The molecule has 0 aliphatic carbocycles. The Kier molecular flexibility index (Phi) is 7.34. The first-order valence-electron chi connectivity index (χ1n) is 6.08. The lowest BCUT2D eigenvalue weighted by atomic mass is 10.0. The average molecular weight is 285 g/mol. The number of amides is 1. The van der Waals surface area contributed by atoms with Crippen molar-refractivity contribution in [1.82, 2.24) is 5.32 Å². The molecule has 0 saturated heterocycles. The van der Waals surface area contributed by atoms with Crippen molar-refractivity contribution in [2.24, 2.45) is 0 Å². The Morgan fingerprint density at radius 3 is 2.32 bits per heavy atom. The smallest absolute Gasteiger partial charge is 0.221 e. The van der Waals surface area contributed by atoms with Crippen LogP contribution >= 0.6 is 12.4 Å². The summed E-state index contributed by atoms with van der Waals surface area (Å²) in [6, 6.07) is 6.99. The van der Waals surface area contributed by atoms with E-state index in [4.69, 9.17) is 0 Å². The monoisotopic (exact) mass is 284 g/mol. The molecule has 1 rings (SSSR count). The predicted molar refractivity (Wildman–Crippen MR) is 80.1 cm³/mol. The van der Waals surface area contributed by atoms with Crippen LogP contribution in [0.3, 0.4) is 0 Å². The molecule has 0 spiro atoms. The second-order valence-corrected chi connectivity index (χ2v) is 4.67. The van der Waals surface area contributed by atoms with Crippen LogP contribution in [0, 0.1) is 0 Å². The number of carbonyl (C=O) groups is 2. The standard InChI is InChI=1S/C14H20N2O2.ClH/c1-9(2)15-10(3)14(18)12-6-5-7-13(8-12)16-11(4)17;/h5-10,15H,1-4H3,(H,16,17);1H. The maximum Gasteiger partial charge on any atom is 0.221 e. The summed E-state index contributed by atoms with van der Waals surface area (Å²) in [6.07, 6.45) is 0. The van der Waals surface area contributed by atoms with E-state index in [0.29, 0.717) is 11.3 Å². The van der Waals surface area contributed by atoms with E-state index in [1.54, 1.807) is 24.3 Å². The molecular weight excluding hydrogens is 264 g/mol. The van der Waals surface area contributed by atoms with Gasteiger partial charge in [-0.05, 0) is 19.1 Å². The Balaban J connectivity index is 0.00000324. The number of benzene rings is 1. The van der Waals surface area contributed by atoms with Gasteiger partial charge in [0.2, 0.25) is 5.91 Å². The first-order chi connectivity index (χ1) is 8.40. The van der Waals surface area contributed by atoms with Gasteiger partial charge in [0, 0.05) is 24.2 Å². The molecule has 106 valence electrons. The molecule has 5 heteroatoms. The summed E-state index contributed by atoms with van der Waals surface area (Å²) >= 11 is 0. The molecule has 1 unspecified atom stereocenters. The highest BCUT2D eigenvalue weighted by Gasteiger charge is 2.15. The topological polar surface area (TPSA) is 58.2 Å². The number of nitrogens with one attached hydrogen (secondary N) is 2. The van der Waals surface area contributed by atoms with Crippen LogP contribution < -0.4 is 10.6 Å².